The molecular weight excluding hydrogens is 208 g/mol. The normalized spacial score (nSPS) is 18.3. The third kappa shape index (κ3) is 1.78. The monoisotopic (exact) mass is 224 g/mol. The summed E-state index contributed by atoms with van der Waals surface area (Å²) >= 11 is 6.04. The second kappa shape index (κ2) is 3.60. The molecule has 0 spiro atoms. The highest BCUT2D eigenvalue weighted by Crippen LogP contribution is 2.37. The van der Waals surface area contributed by atoms with E-state index in [1.165, 1.54) is 11.4 Å². The van der Waals surface area contributed by atoms with Gasteiger partial charge in [-0.05, 0) is 39.0 Å². The number of hydrogen-bond donors (Lipinski definition) is 1. The molecule has 1 aliphatic heterocycles. The summed E-state index contributed by atoms with van der Waals surface area (Å²) in [6.07, 6.45) is 0. The van der Waals surface area contributed by atoms with Gasteiger partial charge in [0, 0.05) is 18.1 Å². The Labute approximate surface area is 96.2 Å². The van der Waals surface area contributed by atoms with Gasteiger partial charge in [0.15, 0.2) is 0 Å². The molecule has 0 amide bonds. The lowest BCUT2D eigenvalue weighted by molar-refractivity contribution is 0.480. The number of fused-ring (bicyclic) bond motifs is 1. The van der Waals surface area contributed by atoms with Crippen LogP contribution in [-0.2, 0) is 0 Å². The molecule has 0 unspecified atom stereocenters. The summed E-state index contributed by atoms with van der Waals surface area (Å²) in [5, 5.41) is 4.24. The predicted octanol–water partition coefficient (Wildman–Crippen LogP) is 3.37. The minimum Gasteiger partial charge on any atom is -0.381 e. The van der Waals surface area contributed by atoms with Crippen molar-refractivity contribution < 1.29 is 0 Å². The molecule has 15 heavy (non-hydrogen) atoms. The van der Waals surface area contributed by atoms with Gasteiger partial charge in [0.25, 0.3) is 0 Å². The highest BCUT2D eigenvalue weighted by atomic mass is 35.5. The van der Waals surface area contributed by atoms with Crippen molar-refractivity contribution in [2.24, 2.45) is 0 Å². The molecule has 0 fully saturated rings. The van der Waals surface area contributed by atoms with E-state index in [0.29, 0.717) is 0 Å². The van der Waals surface area contributed by atoms with Gasteiger partial charge in [-0.1, -0.05) is 11.6 Å². The zero-order valence-electron chi connectivity index (χ0n) is 9.47. The summed E-state index contributed by atoms with van der Waals surface area (Å²) in [6.45, 7) is 8.63. The maximum Gasteiger partial charge on any atom is 0.0621 e. The first-order valence-electron chi connectivity index (χ1n) is 5.35. The van der Waals surface area contributed by atoms with Crippen molar-refractivity contribution in [2.75, 3.05) is 23.3 Å². The van der Waals surface area contributed by atoms with E-state index >= 15 is 0 Å². The van der Waals surface area contributed by atoms with E-state index in [1.54, 1.807) is 0 Å². The van der Waals surface area contributed by atoms with Crippen molar-refractivity contribution in [3.8, 4) is 0 Å². The fraction of sp³-hybridized carbons (Fsp3) is 0.500. The number of anilines is 2. The van der Waals surface area contributed by atoms with Gasteiger partial charge in [0.1, 0.15) is 0 Å². The van der Waals surface area contributed by atoms with Crippen molar-refractivity contribution in [1.82, 2.24) is 0 Å². The van der Waals surface area contributed by atoms with Crippen LogP contribution in [-0.4, -0.2) is 18.6 Å². The molecule has 0 atom stereocenters. The van der Waals surface area contributed by atoms with Crippen LogP contribution in [0.5, 0.6) is 0 Å². The Bertz CT molecular complexity index is 374. The van der Waals surface area contributed by atoms with E-state index in [1.807, 2.05) is 12.1 Å². The lowest BCUT2D eigenvalue weighted by Gasteiger charge is -2.45. The molecule has 1 N–H and O–H groups in total. The van der Waals surface area contributed by atoms with E-state index in [9.17, 15) is 0 Å². The van der Waals surface area contributed by atoms with Crippen molar-refractivity contribution in [3.63, 3.8) is 0 Å². The summed E-state index contributed by atoms with van der Waals surface area (Å²) in [6, 6.07) is 6.02. The Hall–Kier alpha value is -0.890. The van der Waals surface area contributed by atoms with Crippen molar-refractivity contribution in [2.45, 2.75) is 26.3 Å². The Morgan fingerprint density at radius 1 is 1.47 bits per heavy atom. The summed E-state index contributed by atoms with van der Waals surface area (Å²) in [5.41, 5.74) is 2.54. The number of nitrogens with zero attached hydrogens (tertiary/aromatic N) is 1. The van der Waals surface area contributed by atoms with Gasteiger partial charge >= 0.3 is 0 Å². The molecule has 1 aliphatic rings. The molecule has 0 aliphatic carbocycles. The highest BCUT2D eigenvalue weighted by molar-refractivity contribution is 6.31. The van der Waals surface area contributed by atoms with E-state index in [2.05, 4.69) is 37.1 Å². The fourth-order valence-corrected chi connectivity index (χ4v) is 2.38. The first kappa shape index (κ1) is 10.6. The van der Waals surface area contributed by atoms with Gasteiger partial charge in [0.05, 0.1) is 16.9 Å². The number of benzene rings is 1. The molecule has 1 aromatic carbocycles. The summed E-state index contributed by atoms with van der Waals surface area (Å²) in [7, 11) is 0. The number of nitrogens with one attached hydrogen (secondary N) is 1. The van der Waals surface area contributed by atoms with Crippen LogP contribution >= 0.6 is 11.6 Å². The largest absolute Gasteiger partial charge is 0.381 e. The van der Waals surface area contributed by atoms with Crippen LogP contribution in [0.15, 0.2) is 18.2 Å². The molecule has 82 valence electrons. The molecular formula is C12H17ClN2. The Morgan fingerprint density at radius 2 is 2.20 bits per heavy atom. The van der Waals surface area contributed by atoms with E-state index < -0.39 is 0 Å². The van der Waals surface area contributed by atoms with Crippen LogP contribution in [0.2, 0.25) is 5.02 Å². The first-order chi connectivity index (χ1) is 7.04. The Morgan fingerprint density at radius 3 is 2.87 bits per heavy atom. The number of likely N-dealkylation sites (N-methyl/N-ethyl adjacent to an activating group) is 1. The minimum atomic E-state index is 0.145. The molecule has 1 aromatic rings. The SMILES string of the molecule is CCN1c2cc(Cl)ccc2NCC1(C)C. The second-order valence-electron chi connectivity index (χ2n) is 4.57. The molecule has 3 heteroatoms. The molecule has 2 rings (SSSR count). The lowest BCUT2D eigenvalue weighted by atomic mass is 9.98. The van der Waals surface area contributed by atoms with Crippen molar-refractivity contribution in [3.05, 3.63) is 23.2 Å². The Kier molecular flexibility index (Phi) is 2.55. The van der Waals surface area contributed by atoms with E-state index in [0.717, 1.165) is 18.1 Å². The van der Waals surface area contributed by atoms with Crippen LogP contribution in [0.1, 0.15) is 20.8 Å². The van der Waals surface area contributed by atoms with E-state index in [4.69, 9.17) is 11.6 Å². The average Bonchev–Trinajstić information content (AvgIpc) is 2.16. The first-order valence-corrected chi connectivity index (χ1v) is 5.73. The van der Waals surface area contributed by atoms with Crippen LogP contribution < -0.4 is 10.2 Å². The quantitative estimate of drug-likeness (QED) is 0.787. The molecule has 0 saturated heterocycles. The minimum absolute atomic E-state index is 0.145. The number of halogens is 1. The van der Waals surface area contributed by atoms with Gasteiger partial charge in [-0.15, -0.1) is 0 Å². The zero-order valence-corrected chi connectivity index (χ0v) is 10.2. The molecule has 0 bridgehead atoms. The number of hydrogen-bond acceptors (Lipinski definition) is 2. The molecule has 1 heterocycles. The maximum atomic E-state index is 6.04. The van der Waals surface area contributed by atoms with Gasteiger partial charge < -0.3 is 10.2 Å². The number of rotatable bonds is 1. The Balaban J connectivity index is 2.49. The van der Waals surface area contributed by atoms with Gasteiger partial charge in [-0.3, -0.25) is 0 Å². The van der Waals surface area contributed by atoms with Crippen LogP contribution in [0.3, 0.4) is 0 Å². The smallest absolute Gasteiger partial charge is 0.0621 e. The standard InChI is InChI=1S/C12H17ClN2/c1-4-15-11-7-9(13)5-6-10(11)14-8-12(15,2)3/h5-7,14H,4,8H2,1-3H3. The highest BCUT2D eigenvalue weighted by Gasteiger charge is 2.31. The van der Waals surface area contributed by atoms with Crippen molar-refractivity contribution in [1.29, 1.82) is 0 Å². The fourth-order valence-electron chi connectivity index (χ4n) is 2.21. The molecule has 0 radical (unpaired) electrons. The summed E-state index contributed by atoms with van der Waals surface area (Å²) < 4.78 is 0. The topological polar surface area (TPSA) is 15.3 Å². The average molecular weight is 225 g/mol. The van der Waals surface area contributed by atoms with Gasteiger partial charge in [0.2, 0.25) is 0 Å². The molecule has 0 saturated carbocycles. The molecule has 0 aromatic heterocycles. The predicted molar refractivity (Wildman–Crippen MR) is 67.0 cm³/mol. The van der Waals surface area contributed by atoms with Crippen molar-refractivity contribution >= 4 is 23.0 Å². The third-order valence-electron chi connectivity index (χ3n) is 3.01. The van der Waals surface area contributed by atoms with Crippen LogP contribution in [0.25, 0.3) is 0 Å². The zero-order chi connectivity index (χ0) is 11.1. The van der Waals surface area contributed by atoms with Crippen LogP contribution in [0.4, 0.5) is 11.4 Å². The summed E-state index contributed by atoms with van der Waals surface area (Å²) in [5.74, 6) is 0. The van der Waals surface area contributed by atoms with Gasteiger partial charge in [-0.2, -0.15) is 0 Å². The third-order valence-corrected chi connectivity index (χ3v) is 3.24. The van der Waals surface area contributed by atoms with E-state index in [-0.39, 0.29) is 5.54 Å². The van der Waals surface area contributed by atoms with Gasteiger partial charge in [-0.25, -0.2) is 0 Å². The molecule has 2 nitrogen and oxygen atoms in total. The lowest BCUT2D eigenvalue weighted by Crippen LogP contribution is -2.52. The summed E-state index contributed by atoms with van der Waals surface area (Å²) in [4.78, 5) is 2.39. The van der Waals surface area contributed by atoms with Crippen LogP contribution in [0, 0.1) is 0 Å². The maximum absolute atomic E-state index is 6.04. The second-order valence-corrected chi connectivity index (χ2v) is 5.01.